The summed E-state index contributed by atoms with van der Waals surface area (Å²) in [5, 5.41) is 13.6. The number of hydrogen-bond donors (Lipinski definition) is 1. The molecule has 4 rings (SSSR count). The first-order valence-corrected chi connectivity index (χ1v) is 8.32. The van der Waals surface area contributed by atoms with E-state index in [0.717, 1.165) is 50.0 Å². The molecule has 2 aromatic rings. The van der Waals surface area contributed by atoms with Gasteiger partial charge < -0.3 is 14.0 Å². The van der Waals surface area contributed by atoms with E-state index in [2.05, 4.69) is 16.1 Å². The third-order valence-corrected chi connectivity index (χ3v) is 5.23. The van der Waals surface area contributed by atoms with Crippen LogP contribution in [-0.4, -0.2) is 34.2 Å². The van der Waals surface area contributed by atoms with Gasteiger partial charge in [-0.25, -0.2) is 0 Å². The van der Waals surface area contributed by atoms with Crippen molar-refractivity contribution in [3.8, 4) is 11.5 Å². The van der Waals surface area contributed by atoms with Crippen molar-refractivity contribution in [2.24, 2.45) is 5.41 Å². The molecule has 1 aliphatic carbocycles. The molecular weight excluding hydrogens is 308 g/mol. The van der Waals surface area contributed by atoms with Crippen LogP contribution in [0.1, 0.15) is 31.4 Å². The smallest absolute Gasteiger partial charge is 0.313 e. The molecule has 3 heterocycles. The van der Waals surface area contributed by atoms with Crippen molar-refractivity contribution >= 4 is 5.97 Å². The summed E-state index contributed by atoms with van der Waals surface area (Å²) in [5.74, 6) is 0.638. The summed E-state index contributed by atoms with van der Waals surface area (Å²) in [7, 11) is 0. The van der Waals surface area contributed by atoms with Gasteiger partial charge in [-0.1, -0.05) is 23.2 Å². The third-order valence-electron chi connectivity index (χ3n) is 5.23. The molecule has 1 fully saturated rings. The first kappa shape index (κ1) is 15.2. The fourth-order valence-electron chi connectivity index (χ4n) is 3.64. The van der Waals surface area contributed by atoms with E-state index in [9.17, 15) is 9.90 Å². The Hall–Kier alpha value is -2.34. The molecular formula is C18H20N2O4. The number of carbonyl (C=O) groups is 1. The summed E-state index contributed by atoms with van der Waals surface area (Å²) in [6.45, 7) is 2.30. The largest absolute Gasteiger partial charge is 0.481 e. The van der Waals surface area contributed by atoms with Crippen LogP contribution in [0.15, 0.2) is 45.1 Å². The van der Waals surface area contributed by atoms with E-state index in [4.69, 9.17) is 8.94 Å². The summed E-state index contributed by atoms with van der Waals surface area (Å²) in [6.07, 6.45) is 7.10. The molecule has 0 atom stereocenters. The van der Waals surface area contributed by atoms with Gasteiger partial charge in [-0.15, -0.1) is 0 Å². The van der Waals surface area contributed by atoms with Crippen molar-refractivity contribution in [3.05, 3.63) is 41.8 Å². The fraction of sp³-hybridized carbons (Fsp3) is 0.444. The molecule has 0 saturated heterocycles. The van der Waals surface area contributed by atoms with E-state index in [1.54, 1.807) is 6.26 Å². The Labute approximate surface area is 139 Å². The van der Waals surface area contributed by atoms with E-state index < -0.39 is 11.4 Å². The van der Waals surface area contributed by atoms with Crippen LogP contribution < -0.4 is 0 Å². The molecule has 1 saturated carbocycles. The zero-order chi connectivity index (χ0) is 16.6. The second-order valence-electron chi connectivity index (χ2n) is 6.62. The summed E-state index contributed by atoms with van der Waals surface area (Å²) < 4.78 is 10.6. The maximum absolute atomic E-state index is 11.6. The van der Waals surface area contributed by atoms with Crippen molar-refractivity contribution in [2.75, 3.05) is 13.1 Å². The average Bonchev–Trinajstić information content (AvgIpc) is 3.18. The molecule has 2 aliphatic rings. The minimum atomic E-state index is -0.659. The van der Waals surface area contributed by atoms with Crippen LogP contribution in [0.5, 0.6) is 0 Å². The lowest BCUT2D eigenvalue weighted by atomic mass is 9.62. The molecule has 1 N–H and O–H groups in total. The van der Waals surface area contributed by atoms with Crippen LogP contribution in [0.3, 0.4) is 0 Å². The van der Waals surface area contributed by atoms with Crippen molar-refractivity contribution < 1.29 is 18.8 Å². The van der Waals surface area contributed by atoms with E-state index in [-0.39, 0.29) is 0 Å². The maximum atomic E-state index is 11.6. The van der Waals surface area contributed by atoms with Crippen molar-refractivity contribution in [1.82, 2.24) is 10.1 Å². The average molecular weight is 328 g/mol. The standard InChI is InChI=1S/C18H20N2O4/c21-17(22)18(6-2-7-18)13-4-8-20(9-5-13)12-14-11-16(24-19-14)15-3-1-10-23-15/h1,3-4,10-11H,2,5-9,12H2,(H,21,22). The molecule has 0 radical (unpaired) electrons. The third kappa shape index (κ3) is 2.57. The molecule has 0 spiro atoms. The van der Waals surface area contributed by atoms with Gasteiger partial charge in [-0.2, -0.15) is 0 Å². The second kappa shape index (κ2) is 5.94. The predicted molar refractivity (Wildman–Crippen MR) is 86.1 cm³/mol. The van der Waals surface area contributed by atoms with Crippen LogP contribution in [-0.2, 0) is 11.3 Å². The lowest BCUT2D eigenvalue weighted by molar-refractivity contribution is -0.151. The summed E-state index contributed by atoms with van der Waals surface area (Å²) >= 11 is 0. The lowest BCUT2D eigenvalue weighted by Crippen LogP contribution is -2.42. The van der Waals surface area contributed by atoms with Gasteiger partial charge in [0.1, 0.15) is 0 Å². The van der Waals surface area contributed by atoms with Crippen LogP contribution in [0.4, 0.5) is 0 Å². The lowest BCUT2D eigenvalue weighted by Gasteiger charge is -2.42. The molecule has 0 bridgehead atoms. The molecule has 0 unspecified atom stereocenters. The molecule has 126 valence electrons. The number of aliphatic carboxylic acids is 1. The maximum Gasteiger partial charge on any atom is 0.313 e. The van der Waals surface area contributed by atoms with Gasteiger partial charge in [0.05, 0.1) is 17.4 Å². The Balaban J connectivity index is 1.40. The van der Waals surface area contributed by atoms with Crippen molar-refractivity contribution in [1.29, 1.82) is 0 Å². The first-order valence-electron chi connectivity index (χ1n) is 8.32. The number of aromatic nitrogens is 1. The monoisotopic (exact) mass is 328 g/mol. The normalized spacial score (nSPS) is 20.4. The predicted octanol–water partition coefficient (Wildman–Crippen LogP) is 3.32. The Kier molecular flexibility index (Phi) is 3.76. The minimum absolute atomic E-state index is 0.577. The SMILES string of the molecule is O=C(O)C1(C2=CCN(Cc3cc(-c4ccco4)on3)CC2)CCC1. The number of hydrogen-bond acceptors (Lipinski definition) is 5. The zero-order valence-electron chi connectivity index (χ0n) is 13.4. The zero-order valence-corrected chi connectivity index (χ0v) is 13.4. The minimum Gasteiger partial charge on any atom is -0.481 e. The van der Waals surface area contributed by atoms with Crippen LogP contribution in [0.25, 0.3) is 11.5 Å². The molecule has 0 amide bonds. The van der Waals surface area contributed by atoms with Gasteiger partial charge in [0.25, 0.3) is 0 Å². The van der Waals surface area contributed by atoms with Crippen molar-refractivity contribution in [2.45, 2.75) is 32.2 Å². The first-order chi connectivity index (χ1) is 11.7. The Morgan fingerprint density at radius 3 is 2.83 bits per heavy atom. The van der Waals surface area contributed by atoms with Crippen LogP contribution >= 0.6 is 0 Å². The quantitative estimate of drug-likeness (QED) is 0.848. The number of nitrogens with zero attached hydrogens (tertiary/aromatic N) is 2. The number of carboxylic acid groups (broad SMARTS) is 1. The highest BCUT2D eigenvalue weighted by molar-refractivity contribution is 5.79. The summed E-state index contributed by atoms with van der Waals surface area (Å²) in [4.78, 5) is 13.9. The molecule has 2 aromatic heterocycles. The topological polar surface area (TPSA) is 79.7 Å². The Bertz CT molecular complexity index is 756. The highest BCUT2D eigenvalue weighted by atomic mass is 16.5. The molecule has 6 heteroatoms. The molecule has 0 aromatic carbocycles. The highest BCUT2D eigenvalue weighted by Gasteiger charge is 2.47. The number of carboxylic acids is 1. The fourth-order valence-corrected chi connectivity index (χ4v) is 3.64. The van der Waals surface area contributed by atoms with E-state index in [0.29, 0.717) is 18.1 Å². The number of rotatable bonds is 5. The van der Waals surface area contributed by atoms with Gasteiger partial charge in [0, 0.05) is 25.7 Å². The Morgan fingerprint density at radius 2 is 2.25 bits per heavy atom. The van der Waals surface area contributed by atoms with Crippen LogP contribution in [0.2, 0.25) is 0 Å². The second-order valence-corrected chi connectivity index (χ2v) is 6.62. The summed E-state index contributed by atoms with van der Waals surface area (Å²) in [5.41, 5.74) is 1.38. The molecule has 6 nitrogen and oxygen atoms in total. The Morgan fingerprint density at radius 1 is 1.38 bits per heavy atom. The van der Waals surface area contributed by atoms with Gasteiger partial charge >= 0.3 is 5.97 Å². The molecule has 24 heavy (non-hydrogen) atoms. The van der Waals surface area contributed by atoms with Gasteiger partial charge in [0.15, 0.2) is 5.76 Å². The van der Waals surface area contributed by atoms with E-state index in [1.165, 1.54) is 0 Å². The van der Waals surface area contributed by atoms with Gasteiger partial charge in [-0.05, 0) is 31.4 Å². The van der Waals surface area contributed by atoms with Crippen molar-refractivity contribution in [3.63, 3.8) is 0 Å². The highest BCUT2D eigenvalue weighted by Crippen LogP contribution is 2.49. The van der Waals surface area contributed by atoms with Gasteiger partial charge in [0.2, 0.25) is 5.76 Å². The molecule has 1 aliphatic heterocycles. The summed E-state index contributed by atoms with van der Waals surface area (Å²) in [6, 6.07) is 5.54. The van der Waals surface area contributed by atoms with E-state index >= 15 is 0 Å². The van der Waals surface area contributed by atoms with Crippen LogP contribution in [0, 0.1) is 5.41 Å². The van der Waals surface area contributed by atoms with Gasteiger partial charge in [-0.3, -0.25) is 9.69 Å². The van der Waals surface area contributed by atoms with E-state index in [1.807, 2.05) is 18.2 Å². The number of furan rings is 1.